The second kappa shape index (κ2) is 4.81. The van der Waals surface area contributed by atoms with Gasteiger partial charge in [0.15, 0.2) is 0 Å². The van der Waals surface area contributed by atoms with Gasteiger partial charge in [-0.3, -0.25) is 4.90 Å². The Bertz CT molecular complexity index is 191. The molecule has 0 aromatic rings. The van der Waals surface area contributed by atoms with Crippen molar-refractivity contribution in [2.24, 2.45) is 0 Å². The fraction of sp³-hybridized carbons (Fsp3) is 1.00. The van der Waals surface area contributed by atoms with Crippen molar-refractivity contribution in [2.75, 3.05) is 33.7 Å². The molecule has 88 valence electrons. The predicted molar refractivity (Wildman–Crippen MR) is 64.2 cm³/mol. The van der Waals surface area contributed by atoms with Gasteiger partial charge in [-0.15, -0.1) is 0 Å². The van der Waals surface area contributed by atoms with Gasteiger partial charge in [-0.25, -0.2) is 0 Å². The van der Waals surface area contributed by atoms with Crippen LogP contribution < -0.4 is 5.32 Å². The van der Waals surface area contributed by atoms with Gasteiger partial charge in [0.05, 0.1) is 0 Å². The molecule has 0 radical (unpaired) electrons. The number of nitrogens with one attached hydrogen (secondary N) is 1. The topological polar surface area (TPSA) is 18.5 Å². The zero-order valence-corrected chi connectivity index (χ0v) is 10.4. The molecule has 3 unspecified atom stereocenters. The molecule has 0 aliphatic carbocycles. The second-order valence-electron chi connectivity index (χ2n) is 5.34. The average Bonchev–Trinajstić information content (AvgIpc) is 2.59. The molecule has 2 fully saturated rings. The zero-order valence-electron chi connectivity index (χ0n) is 10.4. The van der Waals surface area contributed by atoms with Crippen LogP contribution in [0.15, 0.2) is 0 Å². The van der Waals surface area contributed by atoms with Crippen LogP contribution in [0.5, 0.6) is 0 Å². The third-order valence-corrected chi connectivity index (χ3v) is 4.29. The largest absolute Gasteiger partial charge is 0.315 e. The first-order valence-corrected chi connectivity index (χ1v) is 6.31. The van der Waals surface area contributed by atoms with Gasteiger partial charge in [-0.2, -0.15) is 0 Å². The van der Waals surface area contributed by atoms with Crippen molar-refractivity contribution in [3.8, 4) is 0 Å². The molecule has 3 heteroatoms. The molecule has 0 aromatic heterocycles. The van der Waals surface area contributed by atoms with Crippen molar-refractivity contribution in [3.63, 3.8) is 0 Å². The number of hydrogen-bond donors (Lipinski definition) is 1. The number of likely N-dealkylation sites (N-methyl/N-ethyl adjacent to an activating group) is 2. The Kier molecular flexibility index (Phi) is 3.65. The first-order valence-electron chi connectivity index (χ1n) is 6.31. The van der Waals surface area contributed by atoms with E-state index in [0.29, 0.717) is 0 Å². The Hall–Kier alpha value is -0.120. The molecule has 3 atom stereocenters. The number of likely N-dealkylation sites (tertiary alicyclic amines) is 1. The first kappa shape index (κ1) is 11.4. The lowest BCUT2D eigenvalue weighted by Crippen LogP contribution is -2.49. The maximum absolute atomic E-state index is 3.51. The molecule has 0 saturated carbocycles. The van der Waals surface area contributed by atoms with Gasteiger partial charge in [-0.05, 0) is 46.8 Å². The van der Waals surface area contributed by atoms with Crippen LogP contribution >= 0.6 is 0 Å². The van der Waals surface area contributed by atoms with Crippen molar-refractivity contribution < 1.29 is 0 Å². The van der Waals surface area contributed by atoms with Crippen molar-refractivity contribution >= 4 is 0 Å². The minimum atomic E-state index is 0.758. The standard InChI is InChI=1S/C12H25N3/c1-10-7-12(9-14(10)2)15(3)11-5-4-6-13-8-11/h10-13H,4-9H2,1-3H3. The summed E-state index contributed by atoms with van der Waals surface area (Å²) in [4.78, 5) is 5.10. The summed E-state index contributed by atoms with van der Waals surface area (Å²) in [5.41, 5.74) is 0. The van der Waals surface area contributed by atoms with Crippen LogP contribution in [-0.4, -0.2) is 61.7 Å². The van der Waals surface area contributed by atoms with E-state index in [9.17, 15) is 0 Å². The van der Waals surface area contributed by atoms with Crippen molar-refractivity contribution in [2.45, 2.75) is 44.3 Å². The summed E-state index contributed by atoms with van der Waals surface area (Å²) in [6, 6.07) is 2.30. The lowest BCUT2D eigenvalue weighted by molar-refractivity contribution is 0.149. The molecule has 2 saturated heterocycles. The lowest BCUT2D eigenvalue weighted by atomic mass is 10.0. The quantitative estimate of drug-likeness (QED) is 0.727. The molecule has 1 N–H and O–H groups in total. The van der Waals surface area contributed by atoms with Gasteiger partial charge in [0.25, 0.3) is 0 Å². The SMILES string of the molecule is CC1CC(N(C)C2CCCNC2)CN1C. The van der Waals surface area contributed by atoms with E-state index in [1.807, 2.05) is 0 Å². The normalized spacial score (nSPS) is 38.8. The maximum Gasteiger partial charge on any atom is 0.0238 e. The molecule has 0 aromatic carbocycles. The van der Waals surface area contributed by atoms with Crippen molar-refractivity contribution in [3.05, 3.63) is 0 Å². The summed E-state index contributed by atoms with van der Waals surface area (Å²) in [6.45, 7) is 5.98. The Morgan fingerprint density at radius 3 is 2.67 bits per heavy atom. The van der Waals surface area contributed by atoms with Crippen molar-refractivity contribution in [1.82, 2.24) is 15.1 Å². The highest BCUT2D eigenvalue weighted by Crippen LogP contribution is 2.22. The first-order chi connectivity index (χ1) is 7.18. The highest BCUT2D eigenvalue weighted by molar-refractivity contribution is 4.89. The monoisotopic (exact) mass is 211 g/mol. The van der Waals surface area contributed by atoms with E-state index in [0.717, 1.165) is 18.1 Å². The highest BCUT2D eigenvalue weighted by Gasteiger charge is 2.32. The molecular weight excluding hydrogens is 186 g/mol. The van der Waals surface area contributed by atoms with Gasteiger partial charge >= 0.3 is 0 Å². The molecule has 2 aliphatic heterocycles. The van der Waals surface area contributed by atoms with E-state index < -0.39 is 0 Å². The number of piperidine rings is 1. The number of hydrogen-bond acceptors (Lipinski definition) is 3. The third kappa shape index (κ3) is 2.52. The van der Waals surface area contributed by atoms with Crippen LogP contribution in [0.2, 0.25) is 0 Å². The molecule has 3 nitrogen and oxygen atoms in total. The summed E-state index contributed by atoms with van der Waals surface area (Å²) in [5.74, 6) is 0. The Labute approximate surface area is 93.8 Å². The van der Waals surface area contributed by atoms with Gasteiger partial charge in [-0.1, -0.05) is 0 Å². The minimum absolute atomic E-state index is 0.758. The maximum atomic E-state index is 3.51. The fourth-order valence-electron chi connectivity index (χ4n) is 2.93. The molecule has 2 heterocycles. The van der Waals surface area contributed by atoms with Gasteiger partial charge in [0.2, 0.25) is 0 Å². The minimum Gasteiger partial charge on any atom is -0.315 e. The van der Waals surface area contributed by atoms with E-state index in [1.54, 1.807) is 0 Å². The molecule has 2 aliphatic rings. The summed E-state index contributed by atoms with van der Waals surface area (Å²) >= 11 is 0. The number of rotatable bonds is 2. The van der Waals surface area contributed by atoms with Crippen LogP contribution in [-0.2, 0) is 0 Å². The highest BCUT2D eigenvalue weighted by atomic mass is 15.3. The summed E-state index contributed by atoms with van der Waals surface area (Å²) in [5, 5.41) is 3.51. The Balaban J connectivity index is 1.87. The summed E-state index contributed by atoms with van der Waals surface area (Å²) < 4.78 is 0. The Morgan fingerprint density at radius 1 is 1.33 bits per heavy atom. The third-order valence-electron chi connectivity index (χ3n) is 4.29. The van der Waals surface area contributed by atoms with Crippen LogP contribution in [0.25, 0.3) is 0 Å². The molecule has 15 heavy (non-hydrogen) atoms. The summed E-state index contributed by atoms with van der Waals surface area (Å²) in [6.07, 6.45) is 4.05. The molecule has 0 amide bonds. The van der Waals surface area contributed by atoms with Gasteiger partial charge in [0, 0.05) is 31.2 Å². The average molecular weight is 211 g/mol. The smallest absolute Gasteiger partial charge is 0.0238 e. The lowest BCUT2D eigenvalue weighted by Gasteiger charge is -2.35. The van der Waals surface area contributed by atoms with E-state index in [4.69, 9.17) is 0 Å². The Morgan fingerprint density at radius 2 is 2.13 bits per heavy atom. The van der Waals surface area contributed by atoms with E-state index in [1.165, 1.54) is 38.9 Å². The van der Waals surface area contributed by atoms with Crippen LogP contribution in [0, 0.1) is 0 Å². The van der Waals surface area contributed by atoms with E-state index in [2.05, 4.69) is 36.1 Å². The molecule has 2 rings (SSSR count). The second-order valence-corrected chi connectivity index (χ2v) is 5.34. The van der Waals surface area contributed by atoms with E-state index in [-0.39, 0.29) is 0 Å². The van der Waals surface area contributed by atoms with Crippen LogP contribution in [0.4, 0.5) is 0 Å². The fourth-order valence-corrected chi connectivity index (χ4v) is 2.93. The van der Waals surface area contributed by atoms with Gasteiger partial charge in [0.1, 0.15) is 0 Å². The van der Waals surface area contributed by atoms with Crippen LogP contribution in [0.3, 0.4) is 0 Å². The van der Waals surface area contributed by atoms with Crippen LogP contribution in [0.1, 0.15) is 26.2 Å². The summed E-state index contributed by atoms with van der Waals surface area (Å²) in [7, 11) is 4.56. The number of nitrogens with zero attached hydrogens (tertiary/aromatic N) is 2. The predicted octanol–water partition coefficient (Wildman–Crippen LogP) is 0.763. The molecule has 0 spiro atoms. The van der Waals surface area contributed by atoms with Crippen molar-refractivity contribution in [1.29, 1.82) is 0 Å². The van der Waals surface area contributed by atoms with E-state index >= 15 is 0 Å². The molecule has 0 bridgehead atoms. The molecular formula is C12H25N3. The van der Waals surface area contributed by atoms with Gasteiger partial charge < -0.3 is 10.2 Å². The zero-order chi connectivity index (χ0) is 10.8.